The molecule has 0 amide bonds. The van der Waals surface area contributed by atoms with Crippen LogP contribution in [0, 0.1) is 0 Å². The zero-order valence-corrected chi connectivity index (χ0v) is 11.7. The lowest BCUT2D eigenvalue weighted by Gasteiger charge is -2.00. The molecule has 0 spiro atoms. The van der Waals surface area contributed by atoms with Crippen LogP contribution in [0.15, 0.2) is 46.0 Å². The van der Waals surface area contributed by atoms with Gasteiger partial charge in [0.2, 0.25) is 0 Å². The maximum absolute atomic E-state index is 12.4. The average molecular weight is 302 g/mol. The fourth-order valence-corrected chi connectivity index (χ4v) is 3.14. The lowest BCUT2D eigenvalue weighted by Crippen LogP contribution is -2.13. The maximum atomic E-state index is 12.4. The van der Waals surface area contributed by atoms with Crippen molar-refractivity contribution in [1.82, 2.24) is 14.8 Å². The third kappa shape index (κ3) is 1.60. The molecule has 0 fully saturated rings. The van der Waals surface area contributed by atoms with Crippen molar-refractivity contribution >= 4 is 44.7 Å². The van der Waals surface area contributed by atoms with Crippen molar-refractivity contribution in [2.45, 2.75) is 0 Å². The number of hydrogen-bond donors (Lipinski definition) is 1. The smallest absolute Gasteiger partial charge is 0.280 e. The van der Waals surface area contributed by atoms with Crippen molar-refractivity contribution in [3.8, 4) is 5.69 Å². The van der Waals surface area contributed by atoms with Crippen LogP contribution >= 0.6 is 22.9 Å². The largest absolute Gasteiger partial charge is 0.290 e. The molecule has 3 aromatic heterocycles. The quantitative estimate of drug-likeness (QED) is 0.584. The SMILES string of the molecule is O=c1c2cnc3cscc3c2[nH]n1-c1ccc(Cl)cc1. The van der Waals surface area contributed by atoms with E-state index in [0.717, 1.165) is 22.1 Å². The third-order valence-electron chi connectivity index (χ3n) is 3.25. The van der Waals surface area contributed by atoms with Crippen LogP contribution in [0.1, 0.15) is 0 Å². The third-order valence-corrected chi connectivity index (χ3v) is 4.24. The minimum atomic E-state index is -0.108. The number of halogens is 1. The molecule has 3 heterocycles. The number of H-pyrrole nitrogens is 1. The summed E-state index contributed by atoms with van der Waals surface area (Å²) >= 11 is 7.44. The van der Waals surface area contributed by atoms with Crippen LogP contribution < -0.4 is 5.56 Å². The summed E-state index contributed by atoms with van der Waals surface area (Å²) in [5.74, 6) is 0. The highest BCUT2D eigenvalue weighted by atomic mass is 35.5. The van der Waals surface area contributed by atoms with Gasteiger partial charge in [-0.25, -0.2) is 4.68 Å². The van der Waals surface area contributed by atoms with Gasteiger partial charge in [0.1, 0.15) is 0 Å². The number of aromatic amines is 1. The molecule has 4 nitrogen and oxygen atoms in total. The second-order valence-corrected chi connectivity index (χ2v) is 5.63. The average Bonchev–Trinajstić information content (AvgIpc) is 3.04. The maximum Gasteiger partial charge on any atom is 0.280 e. The molecular formula is C14H8ClN3OS. The van der Waals surface area contributed by atoms with E-state index in [1.165, 1.54) is 4.68 Å². The number of hydrogen-bond acceptors (Lipinski definition) is 3. The molecule has 4 rings (SSSR count). The summed E-state index contributed by atoms with van der Waals surface area (Å²) in [7, 11) is 0. The molecule has 98 valence electrons. The van der Waals surface area contributed by atoms with Crippen molar-refractivity contribution < 1.29 is 0 Å². The number of aromatic nitrogens is 3. The summed E-state index contributed by atoms with van der Waals surface area (Å²) in [5, 5.41) is 9.31. The Morgan fingerprint density at radius 2 is 1.95 bits per heavy atom. The van der Waals surface area contributed by atoms with Gasteiger partial charge in [-0.3, -0.25) is 14.9 Å². The number of nitrogens with zero attached hydrogens (tertiary/aromatic N) is 2. The van der Waals surface area contributed by atoms with Gasteiger partial charge in [0.15, 0.2) is 0 Å². The highest BCUT2D eigenvalue weighted by Gasteiger charge is 2.12. The van der Waals surface area contributed by atoms with Crippen LogP contribution in [0.2, 0.25) is 5.02 Å². The first-order valence-electron chi connectivity index (χ1n) is 5.95. The molecule has 0 radical (unpaired) electrons. The molecule has 0 saturated carbocycles. The highest BCUT2D eigenvalue weighted by Crippen LogP contribution is 2.24. The van der Waals surface area contributed by atoms with E-state index >= 15 is 0 Å². The molecule has 0 bridgehead atoms. The van der Waals surface area contributed by atoms with E-state index < -0.39 is 0 Å². The van der Waals surface area contributed by atoms with E-state index in [4.69, 9.17) is 11.6 Å². The lowest BCUT2D eigenvalue weighted by atomic mass is 10.2. The van der Waals surface area contributed by atoms with Gasteiger partial charge in [-0.1, -0.05) is 11.6 Å². The van der Waals surface area contributed by atoms with Gasteiger partial charge < -0.3 is 0 Å². The molecule has 0 saturated heterocycles. The van der Waals surface area contributed by atoms with Crippen LogP contribution in [-0.2, 0) is 0 Å². The summed E-state index contributed by atoms with van der Waals surface area (Å²) in [5.41, 5.74) is 2.35. The molecule has 0 unspecified atom stereocenters. The van der Waals surface area contributed by atoms with E-state index in [1.807, 2.05) is 10.8 Å². The fourth-order valence-electron chi connectivity index (χ4n) is 2.26. The van der Waals surface area contributed by atoms with Crippen molar-refractivity contribution in [3.63, 3.8) is 0 Å². The summed E-state index contributed by atoms with van der Waals surface area (Å²) in [6.07, 6.45) is 1.62. The van der Waals surface area contributed by atoms with Gasteiger partial charge in [-0.05, 0) is 24.3 Å². The van der Waals surface area contributed by atoms with Crippen LogP contribution in [0.5, 0.6) is 0 Å². The van der Waals surface area contributed by atoms with Gasteiger partial charge in [-0.2, -0.15) is 0 Å². The molecule has 0 aliphatic rings. The Kier molecular flexibility index (Phi) is 2.45. The zero-order chi connectivity index (χ0) is 13.7. The fraction of sp³-hybridized carbons (Fsp3) is 0. The van der Waals surface area contributed by atoms with E-state index in [2.05, 4.69) is 10.1 Å². The Morgan fingerprint density at radius 3 is 2.75 bits per heavy atom. The van der Waals surface area contributed by atoms with Gasteiger partial charge >= 0.3 is 0 Å². The standard InChI is InChI=1S/C14H8ClN3OS/c15-8-1-3-9(4-2-8)18-14(19)10-5-16-12-7-20-6-11(12)13(10)17-18/h1-7,17H. The summed E-state index contributed by atoms with van der Waals surface area (Å²) in [4.78, 5) is 16.7. The molecule has 0 aliphatic heterocycles. The first-order valence-corrected chi connectivity index (χ1v) is 7.28. The van der Waals surface area contributed by atoms with Crippen LogP contribution in [0.4, 0.5) is 0 Å². The topological polar surface area (TPSA) is 50.7 Å². The number of nitrogens with one attached hydrogen (secondary N) is 1. The minimum absolute atomic E-state index is 0.108. The Hall–Kier alpha value is -2.11. The van der Waals surface area contributed by atoms with Crippen LogP contribution in [0.25, 0.3) is 27.5 Å². The Balaban J connectivity index is 2.07. The van der Waals surface area contributed by atoms with Crippen molar-refractivity contribution in [1.29, 1.82) is 0 Å². The summed E-state index contributed by atoms with van der Waals surface area (Å²) in [6.45, 7) is 0. The van der Waals surface area contributed by atoms with Crippen molar-refractivity contribution in [2.24, 2.45) is 0 Å². The monoisotopic (exact) mass is 301 g/mol. The second kappa shape index (κ2) is 4.19. The first-order chi connectivity index (χ1) is 9.74. The highest BCUT2D eigenvalue weighted by molar-refractivity contribution is 7.09. The first kappa shape index (κ1) is 11.7. The van der Waals surface area contributed by atoms with E-state index in [9.17, 15) is 4.79 Å². The van der Waals surface area contributed by atoms with E-state index in [0.29, 0.717) is 10.4 Å². The number of thiophene rings is 1. The number of fused-ring (bicyclic) bond motifs is 3. The predicted octanol–water partition coefficient (Wildman–Crippen LogP) is 3.58. The molecule has 6 heteroatoms. The molecule has 4 aromatic rings. The van der Waals surface area contributed by atoms with Crippen molar-refractivity contribution in [2.75, 3.05) is 0 Å². The second-order valence-electron chi connectivity index (χ2n) is 4.45. The number of benzene rings is 1. The summed E-state index contributed by atoms with van der Waals surface area (Å²) < 4.78 is 1.51. The Labute approximate surface area is 122 Å². The van der Waals surface area contributed by atoms with E-state index in [-0.39, 0.29) is 5.56 Å². The minimum Gasteiger partial charge on any atom is -0.290 e. The van der Waals surface area contributed by atoms with Gasteiger partial charge in [0.25, 0.3) is 5.56 Å². The van der Waals surface area contributed by atoms with Crippen LogP contribution in [-0.4, -0.2) is 14.8 Å². The molecule has 0 atom stereocenters. The molecule has 1 N–H and O–H groups in total. The molecule has 1 aromatic carbocycles. The Morgan fingerprint density at radius 1 is 1.15 bits per heavy atom. The van der Waals surface area contributed by atoms with Gasteiger partial charge in [-0.15, -0.1) is 11.3 Å². The van der Waals surface area contributed by atoms with Crippen LogP contribution in [0.3, 0.4) is 0 Å². The van der Waals surface area contributed by atoms with Gasteiger partial charge in [0.05, 0.1) is 22.1 Å². The number of rotatable bonds is 1. The summed E-state index contributed by atoms with van der Waals surface area (Å²) in [6, 6.07) is 7.12. The van der Waals surface area contributed by atoms with Crippen molar-refractivity contribution in [3.05, 3.63) is 56.6 Å². The molecule has 20 heavy (non-hydrogen) atoms. The number of pyridine rings is 1. The van der Waals surface area contributed by atoms with E-state index in [1.54, 1.807) is 41.8 Å². The normalized spacial score (nSPS) is 11.4. The predicted molar refractivity (Wildman–Crippen MR) is 82.1 cm³/mol. The molecule has 0 aliphatic carbocycles. The Bertz CT molecular complexity index is 981. The lowest BCUT2D eigenvalue weighted by molar-refractivity contribution is 0.865. The van der Waals surface area contributed by atoms with Gasteiger partial charge in [0, 0.05) is 27.4 Å². The zero-order valence-electron chi connectivity index (χ0n) is 10.1. The molecular weight excluding hydrogens is 294 g/mol.